The number of anilines is 1. The monoisotopic (exact) mass is 454 g/mol. The molecule has 0 aliphatic carbocycles. The maximum atomic E-state index is 14.7. The van der Waals surface area contributed by atoms with Crippen molar-refractivity contribution in [2.45, 2.75) is 12.3 Å². The Morgan fingerprint density at radius 3 is 2.61 bits per heavy atom. The van der Waals surface area contributed by atoms with E-state index in [-0.39, 0.29) is 17.6 Å². The molecule has 1 amide bonds. The highest BCUT2D eigenvalue weighted by atomic mass is 19.1. The molecule has 1 atom stereocenters. The second-order valence-corrected chi connectivity index (χ2v) is 7.25. The van der Waals surface area contributed by atoms with Crippen molar-refractivity contribution in [1.82, 2.24) is 24.5 Å². The fraction of sp³-hybridized carbons (Fsp3) is 0.273. The van der Waals surface area contributed by atoms with Crippen LogP contribution in [0.5, 0.6) is 11.8 Å². The van der Waals surface area contributed by atoms with E-state index >= 15 is 0 Å². The van der Waals surface area contributed by atoms with E-state index in [4.69, 9.17) is 15.2 Å². The third kappa shape index (κ3) is 3.80. The van der Waals surface area contributed by atoms with Crippen molar-refractivity contribution < 1.29 is 23.0 Å². The summed E-state index contributed by atoms with van der Waals surface area (Å²) in [6.45, 7) is 4.56. The van der Waals surface area contributed by atoms with Crippen LogP contribution in [0.3, 0.4) is 0 Å². The van der Waals surface area contributed by atoms with Gasteiger partial charge >= 0.3 is 0 Å². The lowest BCUT2D eigenvalue weighted by Gasteiger charge is -2.14. The summed E-state index contributed by atoms with van der Waals surface area (Å²) in [6, 6.07) is 1.74. The van der Waals surface area contributed by atoms with E-state index in [2.05, 4.69) is 33.5 Å². The van der Waals surface area contributed by atoms with E-state index < -0.39 is 29.0 Å². The van der Waals surface area contributed by atoms with Crippen LogP contribution < -0.4 is 15.2 Å². The van der Waals surface area contributed by atoms with Gasteiger partial charge in [0.15, 0.2) is 5.82 Å². The number of nitrogens with zero attached hydrogens (tertiary/aromatic N) is 5. The molecule has 2 N–H and O–H groups in total. The maximum Gasteiger partial charge on any atom is 0.254 e. The summed E-state index contributed by atoms with van der Waals surface area (Å²) in [5.74, 6) is 2.25. The minimum absolute atomic E-state index is 0.0409. The van der Waals surface area contributed by atoms with E-state index in [0.29, 0.717) is 30.6 Å². The Labute approximate surface area is 187 Å². The summed E-state index contributed by atoms with van der Waals surface area (Å²) < 4.78 is 40.6. The van der Waals surface area contributed by atoms with Gasteiger partial charge in [-0.2, -0.15) is 18.9 Å². The topological polar surface area (TPSA) is 108 Å². The molecule has 1 saturated heterocycles. The Kier molecular flexibility index (Phi) is 5.83. The molecule has 0 unspecified atom stereocenters. The largest absolute Gasteiger partial charge is 0.479 e. The number of fused-ring (bicyclic) bond motifs is 1. The molecule has 4 heterocycles. The van der Waals surface area contributed by atoms with Crippen molar-refractivity contribution in [2.75, 3.05) is 33.0 Å². The number of aromatic nitrogens is 4. The predicted octanol–water partition coefficient (Wildman–Crippen LogP) is 1.90. The molecule has 1 aliphatic heterocycles. The van der Waals surface area contributed by atoms with E-state index in [0.717, 1.165) is 5.69 Å². The Hall–Kier alpha value is -4.20. The number of hydrogen-bond acceptors (Lipinski definition) is 7. The third-order valence-corrected chi connectivity index (χ3v) is 5.43. The average Bonchev–Trinajstić information content (AvgIpc) is 3.44. The van der Waals surface area contributed by atoms with Crippen molar-refractivity contribution >= 4 is 17.2 Å². The summed E-state index contributed by atoms with van der Waals surface area (Å²) in [4.78, 5) is 21.3. The number of nitrogens with two attached hydrogens (primary N) is 1. The van der Waals surface area contributed by atoms with Crippen LogP contribution in [-0.2, 0) is 4.79 Å². The molecule has 3 aromatic heterocycles. The molecule has 3 aromatic rings. The molecule has 33 heavy (non-hydrogen) atoms. The normalized spacial score (nSPS) is 15.3. The number of hydrogen-bond donors (Lipinski definition) is 1. The first kappa shape index (κ1) is 22.0. The fourth-order valence-electron chi connectivity index (χ4n) is 3.82. The second kappa shape index (κ2) is 8.74. The summed E-state index contributed by atoms with van der Waals surface area (Å²) in [5, 5.41) is 4.28. The molecule has 0 spiro atoms. The second-order valence-electron chi connectivity index (χ2n) is 7.25. The van der Waals surface area contributed by atoms with Crippen molar-refractivity contribution in [3.8, 4) is 23.6 Å². The van der Waals surface area contributed by atoms with Gasteiger partial charge in [-0.1, -0.05) is 18.4 Å². The van der Waals surface area contributed by atoms with Crippen LogP contribution in [0.15, 0.2) is 25.0 Å². The van der Waals surface area contributed by atoms with Gasteiger partial charge in [-0.25, -0.2) is 9.50 Å². The van der Waals surface area contributed by atoms with Gasteiger partial charge in [0.25, 0.3) is 11.8 Å². The number of methoxy groups -OCH3 is 2. The van der Waals surface area contributed by atoms with Crippen molar-refractivity contribution in [3.63, 3.8) is 0 Å². The third-order valence-electron chi connectivity index (χ3n) is 5.43. The smallest absolute Gasteiger partial charge is 0.254 e. The average molecular weight is 454 g/mol. The molecular weight excluding hydrogens is 434 g/mol. The SMILES string of the molecule is C=CC(=O)N1CC[C@@H](c2cc(C#Cc3c(F)c(OC)nc(OC)c3F)c3c(N)ncnn23)C1. The molecule has 1 fully saturated rings. The summed E-state index contributed by atoms with van der Waals surface area (Å²) >= 11 is 0. The molecule has 0 aromatic carbocycles. The lowest BCUT2D eigenvalue weighted by Crippen LogP contribution is -2.26. The highest BCUT2D eigenvalue weighted by molar-refractivity contribution is 5.87. The van der Waals surface area contributed by atoms with Crippen LogP contribution in [0.25, 0.3) is 5.52 Å². The standard InChI is InChI=1S/C22H20F2N6O3/c1-4-16(31)29-8-7-13(10-29)15-9-12(19-20(25)26-11-27-30(15)19)5-6-14-17(23)21(32-2)28-22(33-3)18(14)24/h4,9,11,13H,1,7-8,10H2,2-3H3,(H2,25,26,27)/t13-/m1/s1. The van der Waals surface area contributed by atoms with Gasteiger partial charge in [0.05, 0.1) is 19.8 Å². The Balaban J connectivity index is 1.82. The zero-order chi connectivity index (χ0) is 23.7. The molecular formula is C22H20F2N6O3. The zero-order valence-corrected chi connectivity index (χ0v) is 17.9. The Morgan fingerprint density at radius 2 is 1.97 bits per heavy atom. The van der Waals surface area contributed by atoms with Gasteiger partial charge in [-0.05, 0) is 18.6 Å². The van der Waals surface area contributed by atoms with E-state index in [1.165, 1.54) is 26.6 Å². The van der Waals surface area contributed by atoms with E-state index in [9.17, 15) is 13.6 Å². The number of rotatable bonds is 4. The first-order valence-corrected chi connectivity index (χ1v) is 9.92. The van der Waals surface area contributed by atoms with Crippen LogP contribution >= 0.6 is 0 Å². The van der Waals surface area contributed by atoms with Gasteiger partial charge in [0.2, 0.25) is 17.5 Å². The minimum atomic E-state index is -1.05. The van der Waals surface area contributed by atoms with Crippen LogP contribution in [-0.4, -0.2) is 57.7 Å². The number of carbonyl (C=O) groups is 1. The lowest BCUT2D eigenvalue weighted by atomic mass is 10.0. The highest BCUT2D eigenvalue weighted by Crippen LogP contribution is 2.32. The predicted molar refractivity (Wildman–Crippen MR) is 115 cm³/mol. The molecule has 0 radical (unpaired) electrons. The number of likely N-dealkylation sites (tertiary alicyclic amines) is 1. The van der Waals surface area contributed by atoms with Crippen LogP contribution in [0.2, 0.25) is 0 Å². The highest BCUT2D eigenvalue weighted by Gasteiger charge is 2.29. The van der Waals surface area contributed by atoms with Crippen LogP contribution in [0, 0.1) is 23.5 Å². The number of halogens is 2. The maximum absolute atomic E-state index is 14.7. The van der Waals surface area contributed by atoms with Crippen molar-refractivity contribution in [1.29, 1.82) is 0 Å². The molecule has 4 rings (SSSR count). The van der Waals surface area contributed by atoms with Crippen LogP contribution in [0.1, 0.15) is 29.2 Å². The number of pyridine rings is 1. The van der Waals surface area contributed by atoms with Crippen molar-refractivity contribution in [2.24, 2.45) is 0 Å². The van der Waals surface area contributed by atoms with Gasteiger partial charge in [-0.15, -0.1) is 0 Å². The first-order chi connectivity index (χ1) is 15.9. The van der Waals surface area contributed by atoms with E-state index in [1.807, 2.05) is 0 Å². The van der Waals surface area contributed by atoms with E-state index in [1.54, 1.807) is 15.5 Å². The van der Waals surface area contributed by atoms with Crippen LogP contribution in [0.4, 0.5) is 14.6 Å². The Bertz CT molecular complexity index is 1300. The summed E-state index contributed by atoms with van der Waals surface area (Å²) in [5.41, 5.74) is 7.06. The number of amides is 1. The molecule has 170 valence electrons. The van der Waals surface area contributed by atoms with Gasteiger partial charge in [0, 0.05) is 24.7 Å². The molecule has 0 bridgehead atoms. The fourth-order valence-corrected chi connectivity index (χ4v) is 3.82. The summed E-state index contributed by atoms with van der Waals surface area (Å²) in [7, 11) is 2.40. The molecule has 0 saturated carbocycles. The number of ether oxygens (including phenoxy) is 2. The molecule has 11 heteroatoms. The van der Waals surface area contributed by atoms with Gasteiger partial charge in [0.1, 0.15) is 17.4 Å². The summed E-state index contributed by atoms with van der Waals surface area (Å²) in [6.07, 6.45) is 3.28. The quantitative estimate of drug-likeness (QED) is 0.474. The van der Waals surface area contributed by atoms with Gasteiger partial charge in [-0.3, -0.25) is 4.79 Å². The number of nitrogen functional groups attached to an aromatic ring is 1. The molecule has 9 nitrogen and oxygen atoms in total. The lowest BCUT2D eigenvalue weighted by molar-refractivity contribution is -0.125. The first-order valence-electron chi connectivity index (χ1n) is 9.92. The van der Waals surface area contributed by atoms with Crippen molar-refractivity contribution in [3.05, 3.63) is 53.5 Å². The zero-order valence-electron chi connectivity index (χ0n) is 17.9. The molecule has 1 aliphatic rings. The minimum Gasteiger partial charge on any atom is -0.479 e. The Morgan fingerprint density at radius 1 is 1.27 bits per heavy atom. The van der Waals surface area contributed by atoms with Gasteiger partial charge < -0.3 is 20.1 Å². The number of carbonyl (C=O) groups excluding carboxylic acids is 1.